The lowest BCUT2D eigenvalue weighted by atomic mass is 9.78. The summed E-state index contributed by atoms with van der Waals surface area (Å²) in [7, 11) is 1.88. The number of nitrogens with zero attached hydrogens (tertiary/aromatic N) is 2. The van der Waals surface area contributed by atoms with Crippen molar-refractivity contribution in [3.63, 3.8) is 0 Å². The van der Waals surface area contributed by atoms with Gasteiger partial charge in [0.2, 0.25) is 0 Å². The molecule has 1 heterocycles. The van der Waals surface area contributed by atoms with Gasteiger partial charge in [-0.2, -0.15) is 0 Å². The van der Waals surface area contributed by atoms with Crippen LogP contribution < -0.4 is 0 Å². The van der Waals surface area contributed by atoms with Crippen LogP contribution in [0.5, 0.6) is 5.75 Å². The standard InChI is InChI=1S/C25H36N2O2S/c1-24(2,3)18-13-16(14-19(21(18)28)25(4,5)6)15-20-22(29)27(23(30)26(20)7)17-11-9-8-10-12-17/h13-15,17,28H,8-12H2,1-7H3/b20-15-. The van der Waals surface area contributed by atoms with Crippen LogP contribution in [0.15, 0.2) is 17.8 Å². The van der Waals surface area contributed by atoms with Crippen LogP contribution in [0.3, 0.4) is 0 Å². The van der Waals surface area contributed by atoms with Crippen LogP contribution in [0.4, 0.5) is 0 Å². The Hall–Kier alpha value is -1.88. The Kier molecular flexibility index (Phi) is 6.07. The second-order valence-electron chi connectivity index (χ2n) is 10.8. The average molecular weight is 429 g/mol. The Balaban J connectivity index is 2.07. The molecule has 0 spiro atoms. The molecule has 0 radical (unpaired) electrons. The van der Waals surface area contributed by atoms with E-state index in [9.17, 15) is 9.90 Å². The van der Waals surface area contributed by atoms with Gasteiger partial charge in [-0.15, -0.1) is 0 Å². The third-order valence-electron chi connectivity index (χ3n) is 6.28. The molecular formula is C25H36N2O2S. The number of phenols is 1. The van der Waals surface area contributed by atoms with E-state index in [4.69, 9.17) is 12.2 Å². The molecule has 164 valence electrons. The van der Waals surface area contributed by atoms with E-state index < -0.39 is 0 Å². The maximum Gasteiger partial charge on any atom is 0.277 e. The molecule has 5 heteroatoms. The van der Waals surface area contributed by atoms with Crippen molar-refractivity contribution in [1.82, 2.24) is 9.80 Å². The lowest BCUT2D eigenvalue weighted by Crippen LogP contribution is -2.41. The first-order chi connectivity index (χ1) is 13.8. The minimum atomic E-state index is -0.215. The third kappa shape index (κ3) is 4.27. The molecule has 1 aromatic rings. The van der Waals surface area contributed by atoms with E-state index in [2.05, 4.69) is 41.5 Å². The number of thiocarbonyl (C=S) groups is 1. The van der Waals surface area contributed by atoms with Crippen molar-refractivity contribution < 1.29 is 9.90 Å². The molecule has 2 aliphatic rings. The van der Waals surface area contributed by atoms with Crippen molar-refractivity contribution >= 4 is 29.3 Å². The van der Waals surface area contributed by atoms with Crippen molar-refractivity contribution in [2.75, 3.05) is 7.05 Å². The molecule has 2 fully saturated rings. The lowest BCUT2D eigenvalue weighted by Gasteiger charge is -2.30. The molecule has 1 aliphatic carbocycles. The fraction of sp³-hybridized carbons (Fsp3) is 0.600. The Morgan fingerprint density at radius 1 is 1.00 bits per heavy atom. The van der Waals surface area contributed by atoms with E-state index in [0.29, 0.717) is 16.6 Å². The molecule has 0 unspecified atom stereocenters. The topological polar surface area (TPSA) is 43.8 Å². The first-order valence-electron chi connectivity index (χ1n) is 11.0. The van der Waals surface area contributed by atoms with E-state index in [1.807, 2.05) is 35.1 Å². The molecule has 0 bridgehead atoms. The summed E-state index contributed by atoms with van der Waals surface area (Å²) in [4.78, 5) is 17.0. The second-order valence-corrected chi connectivity index (χ2v) is 11.2. The van der Waals surface area contributed by atoms with Crippen LogP contribution >= 0.6 is 12.2 Å². The van der Waals surface area contributed by atoms with E-state index in [1.54, 1.807) is 0 Å². The van der Waals surface area contributed by atoms with Gasteiger partial charge in [-0.1, -0.05) is 60.8 Å². The monoisotopic (exact) mass is 428 g/mol. The molecule has 1 saturated heterocycles. The van der Waals surface area contributed by atoms with Gasteiger partial charge >= 0.3 is 0 Å². The molecule has 1 aliphatic heterocycles. The highest BCUT2D eigenvalue weighted by Crippen LogP contribution is 2.40. The van der Waals surface area contributed by atoms with Crippen LogP contribution in [-0.4, -0.2) is 39.0 Å². The number of rotatable bonds is 2. The minimum Gasteiger partial charge on any atom is -0.507 e. The van der Waals surface area contributed by atoms with E-state index in [1.165, 1.54) is 6.42 Å². The summed E-state index contributed by atoms with van der Waals surface area (Å²) in [5.41, 5.74) is 2.88. The smallest absolute Gasteiger partial charge is 0.277 e. The molecule has 1 amide bonds. The predicted octanol–water partition coefficient (Wildman–Crippen LogP) is 5.72. The summed E-state index contributed by atoms with van der Waals surface area (Å²) in [6, 6.07) is 4.22. The van der Waals surface area contributed by atoms with Gasteiger partial charge in [0, 0.05) is 24.2 Å². The maximum atomic E-state index is 13.3. The number of carbonyl (C=O) groups excluding carboxylic acids is 1. The molecule has 1 N–H and O–H groups in total. The number of amides is 1. The van der Waals surface area contributed by atoms with Gasteiger partial charge < -0.3 is 10.0 Å². The number of likely N-dealkylation sites (N-methyl/N-ethyl adjacent to an activating group) is 1. The number of carbonyl (C=O) groups is 1. The van der Waals surface area contributed by atoms with Crippen LogP contribution in [0.2, 0.25) is 0 Å². The van der Waals surface area contributed by atoms with E-state index in [0.717, 1.165) is 42.4 Å². The third-order valence-corrected chi connectivity index (χ3v) is 6.75. The van der Waals surface area contributed by atoms with Crippen LogP contribution in [-0.2, 0) is 15.6 Å². The lowest BCUT2D eigenvalue weighted by molar-refractivity contribution is -0.124. The first kappa shape index (κ1) is 22.8. The Morgan fingerprint density at radius 3 is 1.97 bits per heavy atom. The van der Waals surface area contributed by atoms with E-state index in [-0.39, 0.29) is 22.8 Å². The van der Waals surface area contributed by atoms with E-state index >= 15 is 0 Å². The number of benzene rings is 1. The molecular weight excluding hydrogens is 392 g/mol. The molecule has 30 heavy (non-hydrogen) atoms. The number of hydrogen-bond donors (Lipinski definition) is 1. The predicted molar refractivity (Wildman–Crippen MR) is 128 cm³/mol. The normalized spacial score (nSPS) is 20.6. The summed E-state index contributed by atoms with van der Waals surface area (Å²) in [6.45, 7) is 12.6. The zero-order chi connectivity index (χ0) is 22.4. The summed E-state index contributed by atoms with van der Waals surface area (Å²) in [5.74, 6) is 0.347. The van der Waals surface area contributed by atoms with Gasteiger partial charge in [0.1, 0.15) is 11.4 Å². The van der Waals surface area contributed by atoms with Crippen molar-refractivity contribution in [3.8, 4) is 5.75 Å². The summed E-state index contributed by atoms with van der Waals surface area (Å²) in [5, 5.41) is 11.6. The highest BCUT2D eigenvalue weighted by molar-refractivity contribution is 7.80. The van der Waals surface area contributed by atoms with Crippen molar-refractivity contribution in [2.24, 2.45) is 0 Å². The Bertz CT molecular complexity index is 848. The summed E-state index contributed by atoms with van der Waals surface area (Å²) >= 11 is 5.66. The molecule has 0 aromatic heterocycles. The number of aromatic hydroxyl groups is 1. The SMILES string of the molecule is CN1C(=S)N(C2CCCCC2)C(=O)/C1=C/c1cc(C(C)(C)C)c(O)c(C(C)(C)C)c1. The summed E-state index contributed by atoms with van der Waals surface area (Å²) in [6.07, 6.45) is 7.52. The molecule has 1 aromatic carbocycles. The van der Waals surface area contributed by atoms with Crippen molar-refractivity contribution in [1.29, 1.82) is 0 Å². The quantitative estimate of drug-likeness (QED) is 0.483. The van der Waals surface area contributed by atoms with Crippen molar-refractivity contribution in [3.05, 3.63) is 34.5 Å². The highest BCUT2D eigenvalue weighted by atomic mass is 32.1. The number of phenolic OH excluding ortho intramolecular Hbond substituents is 1. The first-order valence-corrected chi connectivity index (χ1v) is 11.4. The largest absolute Gasteiger partial charge is 0.507 e. The zero-order valence-corrected chi connectivity index (χ0v) is 20.3. The molecule has 1 saturated carbocycles. The van der Waals surface area contributed by atoms with Gasteiger partial charge in [-0.05, 0) is 59.7 Å². The van der Waals surface area contributed by atoms with Gasteiger partial charge in [0.25, 0.3) is 5.91 Å². The zero-order valence-electron chi connectivity index (χ0n) is 19.5. The molecule has 3 rings (SSSR count). The van der Waals surface area contributed by atoms with Gasteiger partial charge in [-0.25, -0.2) is 0 Å². The van der Waals surface area contributed by atoms with Gasteiger partial charge in [0.15, 0.2) is 5.11 Å². The van der Waals surface area contributed by atoms with Crippen LogP contribution in [0.1, 0.15) is 90.3 Å². The van der Waals surface area contributed by atoms with Crippen LogP contribution in [0.25, 0.3) is 6.08 Å². The molecule has 0 atom stereocenters. The van der Waals surface area contributed by atoms with Crippen molar-refractivity contribution in [2.45, 2.75) is 90.5 Å². The van der Waals surface area contributed by atoms with Gasteiger partial charge in [-0.3, -0.25) is 9.69 Å². The highest BCUT2D eigenvalue weighted by Gasteiger charge is 2.40. The second kappa shape index (κ2) is 7.99. The maximum absolute atomic E-state index is 13.3. The fourth-order valence-electron chi connectivity index (χ4n) is 4.48. The fourth-order valence-corrected chi connectivity index (χ4v) is 4.81. The average Bonchev–Trinajstić information content (AvgIpc) is 2.85. The minimum absolute atomic E-state index is 0.00269. The Morgan fingerprint density at radius 2 is 1.50 bits per heavy atom. The summed E-state index contributed by atoms with van der Waals surface area (Å²) < 4.78 is 0. The number of hydrogen-bond acceptors (Lipinski definition) is 3. The molecule has 4 nitrogen and oxygen atoms in total. The van der Waals surface area contributed by atoms with Gasteiger partial charge in [0.05, 0.1) is 0 Å². The van der Waals surface area contributed by atoms with Crippen LogP contribution in [0, 0.1) is 0 Å². The Labute approximate surface area is 186 Å².